The third-order valence-electron chi connectivity index (χ3n) is 5.94. The van der Waals surface area contributed by atoms with Crippen LogP contribution in [0.1, 0.15) is 49.1 Å². The molecule has 7 heteroatoms. The van der Waals surface area contributed by atoms with Gasteiger partial charge in [-0.15, -0.1) is 5.10 Å². The van der Waals surface area contributed by atoms with Gasteiger partial charge in [-0.2, -0.15) is 10.2 Å². The summed E-state index contributed by atoms with van der Waals surface area (Å²) in [5.74, 6) is 0.891. The van der Waals surface area contributed by atoms with E-state index in [2.05, 4.69) is 31.6 Å². The molecular formula is C21H30N6O. The monoisotopic (exact) mass is 382 g/mol. The zero-order chi connectivity index (χ0) is 19.3. The van der Waals surface area contributed by atoms with Crippen LogP contribution in [0.2, 0.25) is 0 Å². The lowest BCUT2D eigenvalue weighted by molar-refractivity contribution is 0.148. The third-order valence-corrected chi connectivity index (χ3v) is 5.94. The van der Waals surface area contributed by atoms with Crippen LogP contribution in [-0.2, 0) is 19.4 Å². The predicted molar refractivity (Wildman–Crippen MR) is 110 cm³/mol. The van der Waals surface area contributed by atoms with Crippen LogP contribution < -0.4 is 10.9 Å². The van der Waals surface area contributed by atoms with Gasteiger partial charge in [-0.1, -0.05) is 6.42 Å². The summed E-state index contributed by atoms with van der Waals surface area (Å²) in [6.07, 6.45) is 8.29. The topological polar surface area (TPSA) is 75.9 Å². The van der Waals surface area contributed by atoms with Crippen LogP contribution in [0.15, 0.2) is 23.0 Å². The Labute approximate surface area is 166 Å². The number of aromatic nitrogens is 4. The van der Waals surface area contributed by atoms with E-state index < -0.39 is 0 Å². The molecule has 7 nitrogen and oxygen atoms in total. The van der Waals surface area contributed by atoms with Crippen LogP contribution in [0.4, 0.5) is 5.82 Å². The van der Waals surface area contributed by atoms with Gasteiger partial charge in [0.15, 0.2) is 0 Å². The van der Waals surface area contributed by atoms with Crippen molar-refractivity contribution in [1.82, 2.24) is 24.9 Å². The first-order valence-corrected chi connectivity index (χ1v) is 10.6. The highest BCUT2D eigenvalue weighted by Crippen LogP contribution is 2.21. The molecule has 0 radical (unpaired) electrons. The molecule has 1 aliphatic carbocycles. The van der Waals surface area contributed by atoms with Gasteiger partial charge in [0.1, 0.15) is 5.82 Å². The lowest BCUT2D eigenvalue weighted by Crippen LogP contribution is -2.45. The second-order valence-electron chi connectivity index (χ2n) is 8.01. The second kappa shape index (κ2) is 8.82. The summed E-state index contributed by atoms with van der Waals surface area (Å²) in [7, 11) is 0. The van der Waals surface area contributed by atoms with E-state index in [0.29, 0.717) is 12.6 Å². The Morgan fingerprint density at radius 3 is 2.93 bits per heavy atom. The van der Waals surface area contributed by atoms with Crippen molar-refractivity contribution in [1.29, 1.82) is 0 Å². The Morgan fingerprint density at radius 1 is 1.11 bits per heavy atom. The van der Waals surface area contributed by atoms with Gasteiger partial charge in [0, 0.05) is 25.2 Å². The Hall–Kier alpha value is -2.28. The first kappa shape index (κ1) is 19.1. The number of nitrogens with one attached hydrogen (secondary N) is 1. The maximum absolute atomic E-state index is 12.0. The molecule has 0 bridgehead atoms. The van der Waals surface area contributed by atoms with Gasteiger partial charge in [-0.05, 0) is 69.7 Å². The Morgan fingerprint density at radius 2 is 2.00 bits per heavy atom. The molecule has 1 aliphatic heterocycles. The molecule has 150 valence electrons. The fourth-order valence-electron chi connectivity index (χ4n) is 4.32. The average molecular weight is 383 g/mol. The SMILES string of the molecule is Cc1ccc(=O)n(CCN2CCCCC2CNc2cc3c(nn2)CCCC3)n1. The molecular weight excluding hydrogens is 352 g/mol. The molecule has 1 atom stereocenters. The summed E-state index contributed by atoms with van der Waals surface area (Å²) in [5, 5.41) is 16.7. The van der Waals surface area contributed by atoms with Crippen molar-refractivity contribution >= 4 is 5.82 Å². The quantitative estimate of drug-likeness (QED) is 0.825. The number of hydrogen-bond donors (Lipinski definition) is 1. The van der Waals surface area contributed by atoms with Gasteiger partial charge in [0.05, 0.1) is 17.9 Å². The molecule has 1 N–H and O–H groups in total. The minimum absolute atomic E-state index is 0.0263. The summed E-state index contributed by atoms with van der Waals surface area (Å²) in [5.41, 5.74) is 3.38. The van der Waals surface area contributed by atoms with E-state index in [1.54, 1.807) is 16.8 Å². The largest absolute Gasteiger partial charge is 0.367 e. The Kier molecular flexibility index (Phi) is 6.00. The lowest BCUT2D eigenvalue weighted by atomic mass is 9.97. The highest BCUT2D eigenvalue weighted by Gasteiger charge is 2.22. The molecule has 2 aromatic heterocycles. The highest BCUT2D eigenvalue weighted by atomic mass is 16.1. The van der Waals surface area contributed by atoms with E-state index in [1.165, 1.54) is 43.4 Å². The number of aryl methyl sites for hydroxylation is 3. The average Bonchev–Trinajstić information content (AvgIpc) is 2.73. The van der Waals surface area contributed by atoms with Crippen molar-refractivity contribution in [2.24, 2.45) is 0 Å². The van der Waals surface area contributed by atoms with Gasteiger partial charge in [-0.25, -0.2) is 4.68 Å². The number of anilines is 1. The Balaban J connectivity index is 1.36. The van der Waals surface area contributed by atoms with Crippen LogP contribution in [0.25, 0.3) is 0 Å². The molecule has 3 heterocycles. The number of fused-ring (bicyclic) bond motifs is 1. The number of likely N-dealkylation sites (tertiary alicyclic amines) is 1. The van der Waals surface area contributed by atoms with E-state index in [9.17, 15) is 4.79 Å². The molecule has 4 rings (SSSR count). The number of piperidine rings is 1. The minimum Gasteiger partial charge on any atom is -0.367 e. The summed E-state index contributed by atoms with van der Waals surface area (Å²) in [6.45, 7) is 5.34. The van der Waals surface area contributed by atoms with Crippen molar-refractivity contribution in [3.63, 3.8) is 0 Å². The van der Waals surface area contributed by atoms with E-state index in [-0.39, 0.29) is 5.56 Å². The van der Waals surface area contributed by atoms with Crippen LogP contribution in [0.5, 0.6) is 0 Å². The summed E-state index contributed by atoms with van der Waals surface area (Å²) in [6, 6.07) is 6.01. The highest BCUT2D eigenvalue weighted by molar-refractivity contribution is 5.39. The molecule has 0 saturated carbocycles. The fourth-order valence-corrected chi connectivity index (χ4v) is 4.32. The molecule has 0 spiro atoms. The van der Waals surface area contributed by atoms with Crippen molar-refractivity contribution < 1.29 is 0 Å². The van der Waals surface area contributed by atoms with Crippen molar-refractivity contribution in [2.75, 3.05) is 25.0 Å². The normalized spacial score (nSPS) is 20.0. The summed E-state index contributed by atoms with van der Waals surface area (Å²) >= 11 is 0. The predicted octanol–water partition coefficient (Wildman–Crippen LogP) is 2.19. The van der Waals surface area contributed by atoms with Gasteiger partial charge in [-0.3, -0.25) is 9.69 Å². The van der Waals surface area contributed by atoms with E-state index in [4.69, 9.17) is 0 Å². The number of hydrogen-bond acceptors (Lipinski definition) is 6. The summed E-state index contributed by atoms with van der Waals surface area (Å²) in [4.78, 5) is 14.5. The summed E-state index contributed by atoms with van der Waals surface area (Å²) < 4.78 is 1.59. The number of nitrogens with zero attached hydrogens (tertiary/aromatic N) is 5. The van der Waals surface area contributed by atoms with Crippen molar-refractivity contribution in [3.05, 3.63) is 45.5 Å². The van der Waals surface area contributed by atoms with E-state index >= 15 is 0 Å². The minimum atomic E-state index is -0.0263. The van der Waals surface area contributed by atoms with Crippen molar-refractivity contribution in [2.45, 2.75) is 64.5 Å². The molecule has 2 aromatic rings. The standard InChI is InChI=1S/C21H30N6O/c1-16-9-10-21(28)27(25-16)13-12-26-11-5-4-7-18(26)15-22-20-14-17-6-2-3-8-19(17)23-24-20/h9-10,14,18H,2-8,11-13,15H2,1H3,(H,22,24). The fraction of sp³-hybridized carbons (Fsp3) is 0.619. The second-order valence-corrected chi connectivity index (χ2v) is 8.01. The zero-order valence-corrected chi connectivity index (χ0v) is 16.7. The maximum Gasteiger partial charge on any atom is 0.266 e. The molecule has 28 heavy (non-hydrogen) atoms. The molecule has 2 aliphatic rings. The molecule has 0 aromatic carbocycles. The van der Waals surface area contributed by atoms with Gasteiger partial charge < -0.3 is 5.32 Å². The number of rotatable bonds is 6. The Bertz CT molecular complexity index is 864. The molecule has 1 fully saturated rings. The van der Waals surface area contributed by atoms with Gasteiger partial charge in [0.2, 0.25) is 0 Å². The van der Waals surface area contributed by atoms with Crippen LogP contribution in [-0.4, -0.2) is 50.6 Å². The van der Waals surface area contributed by atoms with Gasteiger partial charge >= 0.3 is 0 Å². The van der Waals surface area contributed by atoms with E-state index in [1.807, 2.05) is 6.92 Å². The van der Waals surface area contributed by atoms with E-state index in [0.717, 1.165) is 44.0 Å². The van der Waals surface area contributed by atoms with Gasteiger partial charge in [0.25, 0.3) is 5.56 Å². The first-order valence-electron chi connectivity index (χ1n) is 10.6. The van der Waals surface area contributed by atoms with Crippen LogP contribution in [0, 0.1) is 6.92 Å². The molecule has 1 unspecified atom stereocenters. The van der Waals surface area contributed by atoms with Crippen LogP contribution >= 0.6 is 0 Å². The van der Waals surface area contributed by atoms with Crippen molar-refractivity contribution in [3.8, 4) is 0 Å². The van der Waals surface area contributed by atoms with Crippen LogP contribution in [0.3, 0.4) is 0 Å². The smallest absolute Gasteiger partial charge is 0.266 e. The molecule has 0 amide bonds. The maximum atomic E-state index is 12.0. The third kappa shape index (κ3) is 4.58. The molecule has 1 saturated heterocycles. The zero-order valence-electron chi connectivity index (χ0n) is 16.7. The lowest BCUT2D eigenvalue weighted by Gasteiger charge is -2.36. The first-order chi connectivity index (χ1) is 13.7.